The van der Waals surface area contributed by atoms with Gasteiger partial charge in [0, 0.05) is 27.4 Å². The van der Waals surface area contributed by atoms with Gasteiger partial charge in [-0.05, 0) is 43.5 Å². The van der Waals surface area contributed by atoms with E-state index in [9.17, 15) is 4.39 Å². The van der Waals surface area contributed by atoms with Gasteiger partial charge in [-0.1, -0.05) is 29.3 Å². The Hall–Kier alpha value is -1.45. The van der Waals surface area contributed by atoms with Gasteiger partial charge in [-0.2, -0.15) is 0 Å². The lowest BCUT2D eigenvalue weighted by atomic mass is 9.74. The normalized spacial score (nSPS) is 16.3. The third-order valence-corrected chi connectivity index (χ3v) is 4.39. The van der Waals surface area contributed by atoms with Crippen molar-refractivity contribution in [2.24, 2.45) is 0 Å². The molecular weight excluding hydrogens is 312 g/mol. The van der Waals surface area contributed by atoms with Crippen molar-refractivity contribution < 1.29 is 9.13 Å². The van der Waals surface area contributed by atoms with Crippen LogP contribution in [0.1, 0.15) is 24.8 Å². The van der Waals surface area contributed by atoms with Crippen molar-refractivity contribution in [2.75, 3.05) is 5.73 Å². The lowest BCUT2D eigenvalue weighted by Gasteiger charge is -2.42. The summed E-state index contributed by atoms with van der Waals surface area (Å²) in [6, 6.07) is 9.72. The molecule has 0 saturated heterocycles. The molecule has 2 aromatic rings. The SMILES string of the molecule is Nc1ccc(OC2(c3ccc(Cl)cc3Cl)CCC2)c(F)c1. The minimum Gasteiger partial charge on any atom is -0.479 e. The largest absolute Gasteiger partial charge is 0.479 e. The highest BCUT2D eigenvalue weighted by Gasteiger charge is 2.43. The minimum absolute atomic E-state index is 0.190. The molecule has 0 aliphatic heterocycles. The van der Waals surface area contributed by atoms with Crippen LogP contribution in [-0.2, 0) is 5.60 Å². The number of hydrogen-bond acceptors (Lipinski definition) is 2. The summed E-state index contributed by atoms with van der Waals surface area (Å²) in [6.07, 6.45) is 2.59. The zero-order valence-electron chi connectivity index (χ0n) is 11.2. The molecule has 2 N–H and O–H groups in total. The summed E-state index contributed by atoms with van der Waals surface area (Å²) in [5.74, 6) is -0.277. The Morgan fingerprint density at radius 3 is 2.43 bits per heavy atom. The Labute approximate surface area is 132 Å². The van der Waals surface area contributed by atoms with Crippen molar-refractivity contribution in [3.8, 4) is 5.75 Å². The topological polar surface area (TPSA) is 35.2 Å². The Morgan fingerprint density at radius 1 is 1.10 bits per heavy atom. The predicted octanol–water partition coefficient (Wildman–Crippen LogP) is 5.17. The summed E-state index contributed by atoms with van der Waals surface area (Å²) < 4.78 is 19.9. The van der Waals surface area contributed by atoms with Gasteiger partial charge in [-0.25, -0.2) is 4.39 Å². The number of anilines is 1. The Morgan fingerprint density at radius 2 is 1.86 bits per heavy atom. The summed E-state index contributed by atoms with van der Waals surface area (Å²) in [5.41, 5.74) is 6.18. The number of rotatable bonds is 3. The molecule has 0 spiro atoms. The van der Waals surface area contributed by atoms with Gasteiger partial charge in [0.25, 0.3) is 0 Å². The average molecular weight is 326 g/mol. The first-order valence-corrected chi connectivity index (χ1v) is 7.45. The average Bonchev–Trinajstić information content (AvgIpc) is 2.37. The van der Waals surface area contributed by atoms with Gasteiger partial charge in [0.15, 0.2) is 11.6 Å². The fourth-order valence-electron chi connectivity index (χ4n) is 2.59. The number of nitrogens with two attached hydrogens (primary N) is 1. The van der Waals surface area contributed by atoms with Gasteiger partial charge in [-0.15, -0.1) is 0 Å². The van der Waals surface area contributed by atoms with Crippen molar-refractivity contribution in [1.82, 2.24) is 0 Å². The molecule has 1 saturated carbocycles. The van der Waals surface area contributed by atoms with Crippen LogP contribution in [0.5, 0.6) is 5.75 Å². The van der Waals surface area contributed by atoms with E-state index in [2.05, 4.69) is 0 Å². The number of hydrogen-bond donors (Lipinski definition) is 1. The van der Waals surface area contributed by atoms with Crippen molar-refractivity contribution in [3.05, 3.63) is 57.8 Å². The van der Waals surface area contributed by atoms with Crippen LogP contribution in [0, 0.1) is 5.82 Å². The first kappa shape index (κ1) is 14.5. The van der Waals surface area contributed by atoms with E-state index in [1.54, 1.807) is 24.3 Å². The van der Waals surface area contributed by atoms with E-state index in [1.165, 1.54) is 6.07 Å². The van der Waals surface area contributed by atoms with Crippen LogP contribution in [-0.4, -0.2) is 0 Å². The van der Waals surface area contributed by atoms with Gasteiger partial charge in [0.05, 0.1) is 0 Å². The number of nitrogen functional groups attached to an aromatic ring is 1. The monoisotopic (exact) mass is 325 g/mol. The zero-order chi connectivity index (χ0) is 15.0. The number of halogens is 3. The summed E-state index contributed by atoms with van der Waals surface area (Å²) in [7, 11) is 0. The quantitative estimate of drug-likeness (QED) is 0.790. The molecule has 0 aromatic heterocycles. The van der Waals surface area contributed by atoms with E-state index in [4.69, 9.17) is 33.7 Å². The molecule has 21 heavy (non-hydrogen) atoms. The van der Waals surface area contributed by atoms with Crippen LogP contribution >= 0.6 is 23.2 Å². The molecule has 1 fully saturated rings. The molecule has 2 nitrogen and oxygen atoms in total. The Bertz CT molecular complexity index is 686. The molecule has 0 amide bonds. The maximum Gasteiger partial charge on any atom is 0.167 e. The maximum atomic E-state index is 14.0. The van der Waals surface area contributed by atoms with Gasteiger partial charge in [-0.3, -0.25) is 0 Å². The van der Waals surface area contributed by atoms with Crippen LogP contribution in [0.3, 0.4) is 0 Å². The van der Waals surface area contributed by atoms with Gasteiger partial charge >= 0.3 is 0 Å². The second kappa shape index (κ2) is 5.39. The van der Waals surface area contributed by atoms with E-state index in [1.807, 2.05) is 6.07 Å². The van der Waals surface area contributed by atoms with Gasteiger partial charge < -0.3 is 10.5 Å². The first-order chi connectivity index (χ1) is 10.00. The Kier molecular flexibility index (Phi) is 3.72. The van der Waals surface area contributed by atoms with Crippen molar-refractivity contribution in [3.63, 3.8) is 0 Å². The predicted molar refractivity (Wildman–Crippen MR) is 83.4 cm³/mol. The van der Waals surface area contributed by atoms with Crippen molar-refractivity contribution >= 4 is 28.9 Å². The van der Waals surface area contributed by atoms with Crippen LogP contribution in [0.25, 0.3) is 0 Å². The number of ether oxygens (including phenoxy) is 1. The van der Waals surface area contributed by atoms with E-state index in [0.29, 0.717) is 15.7 Å². The highest BCUT2D eigenvalue weighted by Crippen LogP contribution is 2.48. The second-order valence-electron chi connectivity index (χ2n) is 5.26. The van der Waals surface area contributed by atoms with Gasteiger partial charge in [0.1, 0.15) is 5.60 Å². The van der Waals surface area contributed by atoms with Crippen molar-refractivity contribution in [2.45, 2.75) is 24.9 Å². The molecule has 0 unspecified atom stereocenters. The van der Waals surface area contributed by atoms with Crippen LogP contribution in [0.2, 0.25) is 10.0 Å². The van der Waals surface area contributed by atoms with Crippen LogP contribution in [0.15, 0.2) is 36.4 Å². The molecule has 0 atom stereocenters. The highest BCUT2D eigenvalue weighted by molar-refractivity contribution is 6.35. The molecule has 1 aliphatic carbocycles. The van der Waals surface area contributed by atoms with E-state index in [0.717, 1.165) is 24.8 Å². The van der Waals surface area contributed by atoms with Crippen molar-refractivity contribution in [1.29, 1.82) is 0 Å². The molecule has 110 valence electrons. The standard InChI is InChI=1S/C16H14Cl2FNO/c17-10-2-4-12(13(18)8-10)16(6-1-7-16)21-15-5-3-11(20)9-14(15)19/h2-5,8-9H,1,6-7,20H2. The summed E-state index contributed by atoms with van der Waals surface area (Å²) in [6.45, 7) is 0. The molecular formula is C16H14Cl2FNO. The molecule has 2 aromatic carbocycles. The third-order valence-electron chi connectivity index (χ3n) is 3.84. The third kappa shape index (κ3) is 2.68. The first-order valence-electron chi connectivity index (χ1n) is 6.70. The smallest absolute Gasteiger partial charge is 0.167 e. The fraction of sp³-hybridized carbons (Fsp3) is 0.250. The molecule has 0 radical (unpaired) electrons. The lowest BCUT2D eigenvalue weighted by Crippen LogP contribution is -2.40. The maximum absolute atomic E-state index is 14.0. The zero-order valence-corrected chi connectivity index (χ0v) is 12.7. The fourth-order valence-corrected chi connectivity index (χ4v) is 3.17. The summed E-state index contributed by atoms with van der Waals surface area (Å²) in [5, 5.41) is 1.11. The lowest BCUT2D eigenvalue weighted by molar-refractivity contribution is -0.0151. The van der Waals surface area contributed by atoms with Crippen LogP contribution < -0.4 is 10.5 Å². The summed E-state index contributed by atoms with van der Waals surface area (Å²) in [4.78, 5) is 0. The van der Waals surface area contributed by atoms with Crippen LogP contribution in [0.4, 0.5) is 10.1 Å². The Balaban J connectivity index is 1.97. The highest BCUT2D eigenvalue weighted by atomic mass is 35.5. The number of benzene rings is 2. The molecule has 0 heterocycles. The minimum atomic E-state index is -0.585. The molecule has 1 aliphatic rings. The second-order valence-corrected chi connectivity index (χ2v) is 6.11. The molecule has 0 bridgehead atoms. The van der Waals surface area contributed by atoms with Gasteiger partial charge in [0.2, 0.25) is 0 Å². The van der Waals surface area contributed by atoms with E-state index in [-0.39, 0.29) is 5.75 Å². The summed E-state index contributed by atoms with van der Waals surface area (Å²) >= 11 is 12.2. The molecule has 3 rings (SSSR count). The van der Waals surface area contributed by atoms with E-state index < -0.39 is 11.4 Å². The van der Waals surface area contributed by atoms with E-state index >= 15 is 0 Å². The molecule has 5 heteroatoms.